The van der Waals surface area contributed by atoms with Crippen molar-refractivity contribution in [1.82, 2.24) is 14.9 Å². The van der Waals surface area contributed by atoms with E-state index in [2.05, 4.69) is 52.2 Å². The molecule has 3 aromatic rings. The topological polar surface area (TPSA) is 41.0 Å². The summed E-state index contributed by atoms with van der Waals surface area (Å²) in [6.45, 7) is 6.51. The number of pyridine rings is 2. The van der Waals surface area contributed by atoms with Crippen LogP contribution in [0.4, 0.5) is 5.69 Å². The second kappa shape index (κ2) is 9.49. The number of anilines is 1. The first-order valence-corrected chi connectivity index (χ1v) is 9.55. The Morgan fingerprint density at radius 2 is 1.52 bits per heavy atom. The van der Waals surface area contributed by atoms with Crippen LogP contribution in [0.3, 0.4) is 0 Å². The van der Waals surface area contributed by atoms with E-state index in [1.165, 1.54) is 5.56 Å². The highest BCUT2D eigenvalue weighted by Gasteiger charge is 2.13. The fraction of sp³-hybridized carbons (Fsp3) is 0.273. The van der Waals surface area contributed by atoms with E-state index < -0.39 is 0 Å². The predicted molar refractivity (Wildman–Crippen MR) is 112 cm³/mol. The Morgan fingerprint density at radius 3 is 2.04 bits per heavy atom. The Bertz CT molecular complexity index is 796. The highest BCUT2D eigenvalue weighted by molar-refractivity contribution is 6.30. The number of nitrogens with one attached hydrogen (secondary N) is 1. The van der Waals surface area contributed by atoms with Crippen molar-refractivity contribution < 1.29 is 0 Å². The van der Waals surface area contributed by atoms with Gasteiger partial charge in [0.25, 0.3) is 0 Å². The van der Waals surface area contributed by atoms with E-state index in [0.29, 0.717) is 6.04 Å². The first-order valence-electron chi connectivity index (χ1n) is 9.17. The largest absolute Gasteiger partial charge is 0.383 e. The number of hydrogen-bond acceptors (Lipinski definition) is 4. The third-order valence-electron chi connectivity index (χ3n) is 4.13. The molecule has 0 bridgehead atoms. The van der Waals surface area contributed by atoms with Crippen LogP contribution < -0.4 is 5.32 Å². The SMILES string of the molecule is CC(C)Nc1ccc(Cl)cc1CN(Cc1ccccn1)Cc1ccccn1. The number of hydrogen-bond donors (Lipinski definition) is 1. The lowest BCUT2D eigenvalue weighted by molar-refractivity contribution is 0.242. The maximum Gasteiger partial charge on any atom is 0.0544 e. The van der Waals surface area contributed by atoms with Crippen LogP contribution in [-0.2, 0) is 19.6 Å². The molecule has 5 heteroatoms. The first-order chi connectivity index (χ1) is 13.1. The van der Waals surface area contributed by atoms with Crippen LogP contribution in [0.25, 0.3) is 0 Å². The molecule has 0 atom stereocenters. The molecule has 0 spiro atoms. The molecule has 0 fully saturated rings. The van der Waals surface area contributed by atoms with Gasteiger partial charge in [0.05, 0.1) is 11.4 Å². The van der Waals surface area contributed by atoms with Gasteiger partial charge in [0.1, 0.15) is 0 Å². The highest BCUT2D eigenvalue weighted by atomic mass is 35.5. The number of rotatable bonds is 8. The Morgan fingerprint density at radius 1 is 0.889 bits per heavy atom. The predicted octanol–water partition coefficient (Wildman–Crippen LogP) is 5.15. The maximum absolute atomic E-state index is 6.29. The molecule has 2 aromatic heterocycles. The van der Waals surface area contributed by atoms with E-state index in [9.17, 15) is 0 Å². The van der Waals surface area contributed by atoms with Crippen molar-refractivity contribution in [2.75, 3.05) is 5.32 Å². The molecule has 1 aromatic carbocycles. The molecule has 2 heterocycles. The lowest BCUT2D eigenvalue weighted by Crippen LogP contribution is -2.24. The van der Waals surface area contributed by atoms with Crippen LogP contribution in [0.15, 0.2) is 67.0 Å². The molecular weight excluding hydrogens is 356 g/mol. The van der Waals surface area contributed by atoms with Crippen molar-refractivity contribution in [1.29, 1.82) is 0 Å². The molecule has 0 radical (unpaired) electrons. The van der Waals surface area contributed by atoms with Gasteiger partial charge in [-0.15, -0.1) is 0 Å². The molecule has 0 amide bonds. The lowest BCUT2D eigenvalue weighted by Gasteiger charge is -2.24. The standard InChI is InChI=1S/C22H25ClN4/c1-17(2)26-22-10-9-19(23)13-18(22)14-27(15-20-7-3-5-11-24-20)16-21-8-4-6-12-25-21/h3-13,17,26H,14-16H2,1-2H3. The number of benzene rings is 1. The summed E-state index contributed by atoms with van der Waals surface area (Å²) in [4.78, 5) is 11.3. The smallest absolute Gasteiger partial charge is 0.0544 e. The van der Waals surface area contributed by atoms with Crippen LogP contribution in [0, 0.1) is 0 Å². The molecule has 0 saturated heterocycles. The van der Waals surface area contributed by atoms with Crippen LogP contribution in [0.1, 0.15) is 30.8 Å². The molecule has 4 nitrogen and oxygen atoms in total. The summed E-state index contributed by atoms with van der Waals surface area (Å²) in [6, 6.07) is 18.4. The molecule has 0 aliphatic rings. The van der Waals surface area contributed by atoms with Gasteiger partial charge in [-0.25, -0.2) is 0 Å². The summed E-state index contributed by atoms with van der Waals surface area (Å²) < 4.78 is 0. The minimum absolute atomic E-state index is 0.352. The molecule has 0 saturated carbocycles. The summed E-state index contributed by atoms with van der Waals surface area (Å²) in [6.07, 6.45) is 3.67. The molecule has 0 aliphatic heterocycles. The van der Waals surface area contributed by atoms with Crippen molar-refractivity contribution in [3.8, 4) is 0 Å². The zero-order valence-electron chi connectivity index (χ0n) is 15.8. The average Bonchev–Trinajstić information content (AvgIpc) is 2.65. The molecule has 0 aliphatic carbocycles. The summed E-state index contributed by atoms with van der Waals surface area (Å²) in [7, 11) is 0. The number of aromatic nitrogens is 2. The molecule has 27 heavy (non-hydrogen) atoms. The van der Waals surface area contributed by atoms with E-state index in [1.54, 1.807) is 0 Å². The number of halogens is 1. The Balaban J connectivity index is 1.85. The van der Waals surface area contributed by atoms with E-state index >= 15 is 0 Å². The molecular formula is C22H25ClN4. The third-order valence-corrected chi connectivity index (χ3v) is 4.36. The zero-order valence-corrected chi connectivity index (χ0v) is 16.5. The van der Waals surface area contributed by atoms with Gasteiger partial charge >= 0.3 is 0 Å². The second-order valence-electron chi connectivity index (χ2n) is 6.89. The average molecular weight is 381 g/mol. The first kappa shape index (κ1) is 19.3. The Labute approximate surface area is 166 Å². The fourth-order valence-corrected chi connectivity index (χ4v) is 3.19. The van der Waals surface area contributed by atoms with Gasteiger partial charge < -0.3 is 5.32 Å². The normalized spacial score (nSPS) is 11.1. The van der Waals surface area contributed by atoms with Gasteiger partial charge in [-0.05, 0) is 61.9 Å². The molecule has 140 valence electrons. The third kappa shape index (κ3) is 6.05. The van der Waals surface area contributed by atoms with E-state index in [4.69, 9.17) is 11.6 Å². The molecule has 1 N–H and O–H groups in total. The lowest BCUT2D eigenvalue weighted by atomic mass is 10.1. The minimum Gasteiger partial charge on any atom is -0.383 e. The summed E-state index contributed by atoms with van der Waals surface area (Å²) >= 11 is 6.29. The summed E-state index contributed by atoms with van der Waals surface area (Å²) in [5.74, 6) is 0. The summed E-state index contributed by atoms with van der Waals surface area (Å²) in [5, 5.41) is 4.26. The second-order valence-corrected chi connectivity index (χ2v) is 7.32. The van der Waals surface area contributed by atoms with Crippen molar-refractivity contribution >= 4 is 17.3 Å². The maximum atomic E-state index is 6.29. The van der Waals surface area contributed by atoms with Crippen LogP contribution in [0.5, 0.6) is 0 Å². The van der Waals surface area contributed by atoms with Gasteiger partial charge in [0.15, 0.2) is 0 Å². The number of nitrogens with zero attached hydrogens (tertiary/aromatic N) is 3. The van der Waals surface area contributed by atoms with Crippen molar-refractivity contribution in [2.45, 2.75) is 39.5 Å². The van der Waals surface area contributed by atoms with Gasteiger partial charge in [-0.3, -0.25) is 14.9 Å². The molecule has 3 rings (SSSR count). The van der Waals surface area contributed by atoms with Crippen molar-refractivity contribution in [3.63, 3.8) is 0 Å². The van der Waals surface area contributed by atoms with Gasteiger partial charge in [-0.2, -0.15) is 0 Å². The highest BCUT2D eigenvalue weighted by Crippen LogP contribution is 2.24. The van der Waals surface area contributed by atoms with Gasteiger partial charge in [-0.1, -0.05) is 23.7 Å². The monoisotopic (exact) mass is 380 g/mol. The van der Waals surface area contributed by atoms with Crippen molar-refractivity contribution in [2.24, 2.45) is 0 Å². The zero-order chi connectivity index (χ0) is 19.1. The van der Waals surface area contributed by atoms with Crippen LogP contribution >= 0.6 is 11.6 Å². The van der Waals surface area contributed by atoms with E-state index in [1.807, 2.05) is 48.8 Å². The van der Waals surface area contributed by atoms with Gasteiger partial charge in [0, 0.05) is 48.8 Å². The Kier molecular flexibility index (Phi) is 6.80. The summed E-state index contributed by atoms with van der Waals surface area (Å²) in [5.41, 5.74) is 4.35. The van der Waals surface area contributed by atoms with E-state index in [-0.39, 0.29) is 0 Å². The Hall–Kier alpha value is -2.43. The van der Waals surface area contributed by atoms with Crippen molar-refractivity contribution in [3.05, 3.63) is 89.0 Å². The quantitative estimate of drug-likeness (QED) is 0.586. The van der Waals surface area contributed by atoms with Gasteiger partial charge in [0.2, 0.25) is 0 Å². The van der Waals surface area contributed by atoms with Crippen LogP contribution in [0.2, 0.25) is 5.02 Å². The molecule has 0 unspecified atom stereocenters. The minimum atomic E-state index is 0.352. The van der Waals surface area contributed by atoms with Crippen LogP contribution in [-0.4, -0.2) is 20.9 Å². The van der Waals surface area contributed by atoms with E-state index in [0.717, 1.165) is 41.7 Å². The fourth-order valence-electron chi connectivity index (χ4n) is 3.00.